The highest BCUT2D eigenvalue weighted by molar-refractivity contribution is 5.85. The molecular weight excluding hydrogens is 212 g/mol. The highest BCUT2D eigenvalue weighted by atomic mass is 16.5. The second-order valence-electron chi connectivity index (χ2n) is 3.09. The summed E-state index contributed by atoms with van der Waals surface area (Å²) in [6.45, 7) is 0. The standard InChI is InChI=1S/C11H12O5/c1-15-8-3-7(4-11(13)14)9(6-12)10(5-8)16-2/h3,5-6H,4H2,1-2H3,(H,13,14). The number of aliphatic carboxylic acids is 1. The fourth-order valence-corrected chi connectivity index (χ4v) is 1.39. The highest BCUT2D eigenvalue weighted by Crippen LogP contribution is 2.27. The predicted octanol–water partition coefficient (Wildman–Crippen LogP) is 1.14. The topological polar surface area (TPSA) is 72.8 Å². The molecule has 86 valence electrons. The molecule has 0 atom stereocenters. The van der Waals surface area contributed by atoms with Crippen molar-refractivity contribution >= 4 is 12.3 Å². The highest BCUT2D eigenvalue weighted by Gasteiger charge is 2.13. The number of carboxylic acid groups (broad SMARTS) is 1. The van der Waals surface area contributed by atoms with Crippen LogP contribution in [0.5, 0.6) is 11.5 Å². The molecule has 5 heteroatoms. The summed E-state index contributed by atoms with van der Waals surface area (Å²) in [5, 5.41) is 8.72. The van der Waals surface area contributed by atoms with Gasteiger partial charge in [0.1, 0.15) is 11.5 Å². The number of ether oxygens (including phenoxy) is 2. The van der Waals surface area contributed by atoms with Gasteiger partial charge in [0.05, 0.1) is 26.2 Å². The van der Waals surface area contributed by atoms with E-state index in [1.165, 1.54) is 26.4 Å². The third-order valence-electron chi connectivity index (χ3n) is 2.12. The number of benzene rings is 1. The van der Waals surface area contributed by atoms with Gasteiger partial charge >= 0.3 is 5.97 Å². The molecule has 0 radical (unpaired) electrons. The molecule has 0 unspecified atom stereocenters. The summed E-state index contributed by atoms with van der Waals surface area (Å²) in [7, 11) is 2.87. The van der Waals surface area contributed by atoms with E-state index in [2.05, 4.69) is 0 Å². The summed E-state index contributed by atoms with van der Waals surface area (Å²) in [5.74, 6) is -0.247. The number of aldehydes is 1. The normalized spacial score (nSPS) is 9.62. The van der Waals surface area contributed by atoms with Crippen molar-refractivity contribution in [3.63, 3.8) is 0 Å². The summed E-state index contributed by atoms with van der Waals surface area (Å²) in [4.78, 5) is 21.5. The van der Waals surface area contributed by atoms with Crippen LogP contribution in [-0.4, -0.2) is 31.6 Å². The van der Waals surface area contributed by atoms with Gasteiger partial charge in [0.15, 0.2) is 6.29 Å². The van der Waals surface area contributed by atoms with Crippen LogP contribution in [0.2, 0.25) is 0 Å². The predicted molar refractivity (Wildman–Crippen MR) is 56.3 cm³/mol. The molecular formula is C11H12O5. The molecule has 0 aliphatic rings. The number of hydrogen-bond donors (Lipinski definition) is 1. The summed E-state index contributed by atoms with van der Waals surface area (Å²) < 4.78 is 9.99. The molecule has 0 saturated carbocycles. The van der Waals surface area contributed by atoms with Crippen molar-refractivity contribution in [1.82, 2.24) is 0 Å². The molecule has 0 spiro atoms. The summed E-state index contributed by atoms with van der Waals surface area (Å²) >= 11 is 0. The minimum atomic E-state index is -1.02. The lowest BCUT2D eigenvalue weighted by atomic mass is 10.0. The molecule has 0 bridgehead atoms. The molecule has 1 rings (SSSR count). The van der Waals surface area contributed by atoms with Crippen LogP contribution in [0.25, 0.3) is 0 Å². The first kappa shape index (κ1) is 12.0. The summed E-state index contributed by atoms with van der Waals surface area (Å²) in [6, 6.07) is 3.05. The molecule has 0 heterocycles. The maximum absolute atomic E-state index is 10.9. The Morgan fingerprint density at radius 1 is 1.38 bits per heavy atom. The minimum absolute atomic E-state index is 0.241. The third-order valence-corrected chi connectivity index (χ3v) is 2.12. The van der Waals surface area contributed by atoms with Crippen LogP contribution in [0.3, 0.4) is 0 Å². The minimum Gasteiger partial charge on any atom is -0.497 e. The average Bonchev–Trinajstić information content (AvgIpc) is 2.27. The van der Waals surface area contributed by atoms with Crippen LogP contribution in [0.1, 0.15) is 15.9 Å². The van der Waals surface area contributed by atoms with Gasteiger partial charge < -0.3 is 14.6 Å². The summed E-state index contributed by atoms with van der Waals surface area (Å²) in [5.41, 5.74) is 0.615. The second-order valence-corrected chi connectivity index (χ2v) is 3.09. The van der Waals surface area contributed by atoms with Gasteiger partial charge in [-0.2, -0.15) is 0 Å². The van der Waals surface area contributed by atoms with E-state index in [1.54, 1.807) is 0 Å². The molecule has 0 amide bonds. The van der Waals surface area contributed by atoms with Crippen LogP contribution < -0.4 is 9.47 Å². The third kappa shape index (κ3) is 2.50. The molecule has 0 aliphatic heterocycles. The van der Waals surface area contributed by atoms with E-state index in [1.807, 2.05) is 0 Å². The lowest BCUT2D eigenvalue weighted by molar-refractivity contribution is -0.136. The van der Waals surface area contributed by atoms with Crippen molar-refractivity contribution in [2.75, 3.05) is 14.2 Å². The van der Waals surface area contributed by atoms with Crippen molar-refractivity contribution in [2.45, 2.75) is 6.42 Å². The maximum Gasteiger partial charge on any atom is 0.307 e. The van der Waals surface area contributed by atoms with E-state index >= 15 is 0 Å². The first-order valence-corrected chi connectivity index (χ1v) is 4.54. The molecule has 5 nitrogen and oxygen atoms in total. The smallest absolute Gasteiger partial charge is 0.307 e. The molecule has 1 N–H and O–H groups in total. The van der Waals surface area contributed by atoms with Gasteiger partial charge in [0.25, 0.3) is 0 Å². The Labute approximate surface area is 92.6 Å². The number of carboxylic acids is 1. The number of carbonyl (C=O) groups is 2. The van der Waals surface area contributed by atoms with Crippen LogP contribution in [0.15, 0.2) is 12.1 Å². The second kappa shape index (κ2) is 5.16. The number of methoxy groups -OCH3 is 2. The van der Waals surface area contributed by atoms with Gasteiger partial charge in [-0.1, -0.05) is 0 Å². The van der Waals surface area contributed by atoms with Gasteiger partial charge in [0.2, 0.25) is 0 Å². The fourth-order valence-electron chi connectivity index (χ4n) is 1.39. The number of rotatable bonds is 5. The van der Waals surface area contributed by atoms with Gasteiger partial charge in [-0.05, 0) is 11.6 Å². The number of hydrogen-bond acceptors (Lipinski definition) is 4. The quantitative estimate of drug-likeness (QED) is 0.759. The maximum atomic E-state index is 10.9. The van der Waals surface area contributed by atoms with Crippen molar-refractivity contribution in [3.8, 4) is 11.5 Å². The molecule has 1 aromatic carbocycles. The van der Waals surface area contributed by atoms with E-state index in [0.717, 1.165) is 0 Å². The van der Waals surface area contributed by atoms with E-state index in [4.69, 9.17) is 14.6 Å². The number of carbonyl (C=O) groups excluding carboxylic acids is 1. The van der Waals surface area contributed by atoms with Gasteiger partial charge in [0, 0.05) is 6.07 Å². The average molecular weight is 224 g/mol. The Hall–Kier alpha value is -2.04. The fraction of sp³-hybridized carbons (Fsp3) is 0.273. The van der Waals surface area contributed by atoms with Crippen LogP contribution in [0.4, 0.5) is 0 Å². The lowest BCUT2D eigenvalue weighted by Gasteiger charge is -2.10. The van der Waals surface area contributed by atoms with E-state index in [0.29, 0.717) is 23.3 Å². The zero-order valence-corrected chi connectivity index (χ0v) is 9.02. The van der Waals surface area contributed by atoms with E-state index < -0.39 is 5.97 Å². The molecule has 1 aromatic rings. The zero-order chi connectivity index (χ0) is 12.1. The Balaban J connectivity index is 3.30. The molecule has 0 saturated heterocycles. The van der Waals surface area contributed by atoms with Crippen LogP contribution in [0, 0.1) is 0 Å². The molecule has 0 aliphatic carbocycles. The SMILES string of the molecule is COc1cc(CC(=O)O)c(C=O)c(OC)c1. The van der Waals surface area contributed by atoms with Crippen molar-refractivity contribution < 1.29 is 24.2 Å². The Kier molecular flexibility index (Phi) is 3.88. The van der Waals surface area contributed by atoms with Crippen molar-refractivity contribution in [2.24, 2.45) is 0 Å². The van der Waals surface area contributed by atoms with Crippen LogP contribution >= 0.6 is 0 Å². The van der Waals surface area contributed by atoms with Gasteiger partial charge in [-0.15, -0.1) is 0 Å². The molecule has 0 fully saturated rings. The largest absolute Gasteiger partial charge is 0.497 e. The molecule has 16 heavy (non-hydrogen) atoms. The first-order chi connectivity index (χ1) is 7.62. The Morgan fingerprint density at radius 3 is 2.50 bits per heavy atom. The summed E-state index contributed by atoms with van der Waals surface area (Å²) in [6.07, 6.45) is 0.332. The van der Waals surface area contributed by atoms with Crippen molar-refractivity contribution in [3.05, 3.63) is 23.3 Å². The van der Waals surface area contributed by atoms with E-state index in [9.17, 15) is 9.59 Å². The monoisotopic (exact) mass is 224 g/mol. The zero-order valence-electron chi connectivity index (χ0n) is 9.02. The van der Waals surface area contributed by atoms with E-state index in [-0.39, 0.29) is 12.0 Å². The first-order valence-electron chi connectivity index (χ1n) is 4.54. The Morgan fingerprint density at radius 2 is 2.06 bits per heavy atom. The molecule has 0 aromatic heterocycles. The van der Waals surface area contributed by atoms with Gasteiger partial charge in [-0.25, -0.2) is 0 Å². The Bertz CT molecular complexity index is 411. The lowest BCUT2D eigenvalue weighted by Crippen LogP contribution is -2.05. The van der Waals surface area contributed by atoms with Crippen molar-refractivity contribution in [1.29, 1.82) is 0 Å². The van der Waals surface area contributed by atoms with Gasteiger partial charge in [-0.3, -0.25) is 9.59 Å². The van der Waals surface area contributed by atoms with Crippen LogP contribution in [-0.2, 0) is 11.2 Å².